The van der Waals surface area contributed by atoms with E-state index in [4.69, 9.17) is 5.11 Å². The van der Waals surface area contributed by atoms with Gasteiger partial charge in [-0.15, -0.1) is 0 Å². The van der Waals surface area contributed by atoms with E-state index in [2.05, 4.69) is 15.4 Å². The Labute approximate surface area is 193 Å². The molecule has 0 bridgehead atoms. The molecular weight excluding hydrogens is 451 g/mol. The fraction of sp³-hybridized carbons (Fsp3) is 0.304. The lowest BCUT2D eigenvalue weighted by molar-refractivity contribution is -0.137. The molecule has 0 unspecified atom stereocenters. The number of alkyl halides is 3. The highest BCUT2D eigenvalue weighted by atomic mass is 19.4. The summed E-state index contributed by atoms with van der Waals surface area (Å²) in [6.07, 6.45) is -0.144. The van der Waals surface area contributed by atoms with Crippen molar-refractivity contribution in [3.63, 3.8) is 0 Å². The molecule has 0 saturated carbocycles. The Hall–Kier alpha value is -3.73. The zero-order valence-electron chi connectivity index (χ0n) is 18.2. The molecule has 0 radical (unpaired) electrons. The number of anilines is 2. The van der Waals surface area contributed by atoms with Gasteiger partial charge in [0.05, 0.1) is 36.3 Å². The standard InChI is InChI=1S/C23H22F3N5O3/c1-14-13-30(17-4-2-16(3-5-17)23(24,25)26)22(34)21-15(11-29-31(14)21)10-20(33)18-6-7-27-12-19(18)28-8-9-32/h2-7,11-12,14,28,32H,8-10,13H2,1H3/t14-/m0/s1. The Bertz CT molecular complexity index is 1210. The highest BCUT2D eigenvalue weighted by molar-refractivity contribution is 6.09. The molecule has 3 aromatic rings. The third kappa shape index (κ3) is 4.51. The molecule has 0 spiro atoms. The van der Waals surface area contributed by atoms with Crippen LogP contribution in [0, 0.1) is 0 Å². The van der Waals surface area contributed by atoms with Crippen molar-refractivity contribution in [1.82, 2.24) is 14.8 Å². The van der Waals surface area contributed by atoms with Gasteiger partial charge >= 0.3 is 6.18 Å². The number of rotatable bonds is 7. The lowest BCUT2D eigenvalue weighted by Gasteiger charge is -2.32. The normalized spacial score (nSPS) is 15.9. The molecule has 2 N–H and O–H groups in total. The van der Waals surface area contributed by atoms with Crippen molar-refractivity contribution < 1.29 is 27.9 Å². The predicted octanol–water partition coefficient (Wildman–Crippen LogP) is 3.35. The topological polar surface area (TPSA) is 100 Å². The average Bonchev–Trinajstić information content (AvgIpc) is 3.24. The summed E-state index contributed by atoms with van der Waals surface area (Å²) in [5, 5.41) is 16.3. The minimum absolute atomic E-state index is 0.105. The molecule has 34 heavy (non-hydrogen) atoms. The number of amides is 1. The van der Waals surface area contributed by atoms with Crippen molar-refractivity contribution >= 4 is 23.1 Å². The van der Waals surface area contributed by atoms with E-state index in [1.54, 1.807) is 10.7 Å². The summed E-state index contributed by atoms with van der Waals surface area (Å²) in [5.74, 6) is -0.711. The van der Waals surface area contributed by atoms with Gasteiger partial charge in [-0.1, -0.05) is 0 Å². The number of ketones is 1. The van der Waals surface area contributed by atoms with Gasteiger partial charge in [0, 0.05) is 42.5 Å². The number of benzene rings is 1. The third-order valence-corrected chi connectivity index (χ3v) is 5.59. The summed E-state index contributed by atoms with van der Waals surface area (Å²) in [4.78, 5) is 31.8. The molecule has 3 heterocycles. The monoisotopic (exact) mass is 473 g/mol. The van der Waals surface area contributed by atoms with Crippen molar-refractivity contribution in [3.8, 4) is 0 Å². The van der Waals surface area contributed by atoms with Crippen molar-refractivity contribution in [3.05, 3.63) is 71.3 Å². The quantitative estimate of drug-likeness (QED) is 0.511. The number of hydrogen-bond donors (Lipinski definition) is 2. The number of aromatic nitrogens is 3. The molecule has 1 aromatic carbocycles. The Morgan fingerprint density at radius 1 is 1.21 bits per heavy atom. The lowest BCUT2D eigenvalue weighted by Crippen LogP contribution is -2.43. The summed E-state index contributed by atoms with van der Waals surface area (Å²) in [6, 6.07) is 5.71. The molecule has 0 aliphatic carbocycles. The van der Waals surface area contributed by atoms with E-state index in [1.165, 1.54) is 35.6 Å². The zero-order chi connectivity index (χ0) is 24.5. The number of pyridine rings is 1. The van der Waals surface area contributed by atoms with Gasteiger partial charge in [0.1, 0.15) is 5.69 Å². The highest BCUT2D eigenvalue weighted by Gasteiger charge is 2.35. The summed E-state index contributed by atoms with van der Waals surface area (Å²) in [6.45, 7) is 2.19. The van der Waals surface area contributed by atoms with E-state index in [9.17, 15) is 22.8 Å². The number of aliphatic hydroxyl groups is 1. The summed E-state index contributed by atoms with van der Waals surface area (Å²) < 4.78 is 40.3. The van der Waals surface area contributed by atoms with Crippen LogP contribution in [0.3, 0.4) is 0 Å². The molecule has 2 aromatic heterocycles. The molecule has 1 aliphatic heterocycles. The van der Waals surface area contributed by atoms with E-state index in [0.717, 1.165) is 12.1 Å². The molecule has 8 nitrogen and oxygen atoms in total. The molecule has 4 rings (SSSR count). The van der Waals surface area contributed by atoms with Crippen molar-refractivity contribution in [1.29, 1.82) is 0 Å². The first kappa shape index (κ1) is 23.4. The van der Waals surface area contributed by atoms with Crippen LogP contribution < -0.4 is 10.2 Å². The molecule has 0 saturated heterocycles. The fourth-order valence-corrected chi connectivity index (χ4v) is 3.94. The maximum absolute atomic E-state index is 13.3. The van der Waals surface area contributed by atoms with Gasteiger partial charge in [0.15, 0.2) is 5.78 Å². The van der Waals surface area contributed by atoms with Gasteiger partial charge in [0.2, 0.25) is 0 Å². The molecule has 178 valence electrons. The SMILES string of the molecule is C[C@H]1CN(c2ccc(C(F)(F)F)cc2)C(=O)c2c(CC(=O)c3ccncc3NCCO)cnn21. The van der Waals surface area contributed by atoms with E-state index >= 15 is 0 Å². The van der Waals surface area contributed by atoms with Gasteiger partial charge in [-0.05, 0) is 37.3 Å². The van der Waals surface area contributed by atoms with Crippen LogP contribution in [0.25, 0.3) is 0 Å². The van der Waals surface area contributed by atoms with E-state index in [-0.39, 0.29) is 43.6 Å². The number of nitrogens with one attached hydrogen (secondary N) is 1. The number of carbonyl (C=O) groups is 2. The van der Waals surface area contributed by atoms with Gasteiger partial charge in [-0.25, -0.2) is 0 Å². The second-order valence-corrected chi connectivity index (χ2v) is 7.94. The van der Waals surface area contributed by atoms with Crippen LogP contribution in [-0.4, -0.2) is 51.3 Å². The van der Waals surface area contributed by atoms with E-state index in [1.807, 2.05) is 6.92 Å². The van der Waals surface area contributed by atoms with Crippen LogP contribution in [0.2, 0.25) is 0 Å². The van der Waals surface area contributed by atoms with Crippen molar-refractivity contribution in [2.75, 3.05) is 29.9 Å². The van der Waals surface area contributed by atoms with Crippen LogP contribution in [0.1, 0.15) is 44.9 Å². The van der Waals surface area contributed by atoms with Gasteiger partial charge in [-0.2, -0.15) is 18.3 Å². The van der Waals surface area contributed by atoms with Crippen LogP contribution >= 0.6 is 0 Å². The van der Waals surface area contributed by atoms with Gasteiger partial charge in [-0.3, -0.25) is 19.3 Å². The first-order valence-corrected chi connectivity index (χ1v) is 10.6. The Morgan fingerprint density at radius 2 is 1.94 bits per heavy atom. The summed E-state index contributed by atoms with van der Waals surface area (Å²) in [5.41, 5.74) is 1.01. The number of hydrogen-bond acceptors (Lipinski definition) is 6. The Morgan fingerprint density at radius 3 is 2.62 bits per heavy atom. The first-order chi connectivity index (χ1) is 16.2. The van der Waals surface area contributed by atoms with Gasteiger partial charge in [0.25, 0.3) is 5.91 Å². The number of nitrogens with zero attached hydrogens (tertiary/aromatic N) is 4. The van der Waals surface area contributed by atoms with Crippen LogP contribution in [0.15, 0.2) is 48.9 Å². The molecule has 1 atom stereocenters. The molecule has 1 aliphatic rings. The third-order valence-electron chi connectivity index (χ3n) is 5.59. The van der Waals surface area contributed by atoms with Crippen molar-refractivity contribution in [2.24, 2.45) is 0 Å². The number of Topliss-reactive ketones (excluding diaryl/α,β-unsaturated/α-hetero) is 1. The summed E-state index contributed by atoms with van der Waals surface area (Å²) >= 11 is 0. The van der Waals surface area contributed by atoms with Crippen LogP contribution in [0.5, 0.6) is 0 Å². The second kappa shape index (κ2) is 9.26. The first-order valence-electron chi connectivity index (χ1n) is 10.6. The van der Waals surface area contributed by atoms with Crippen LogP contribution in [0.4, 0.5) is 24.5 Å². The van der Waals surface area contributed by atoms with Gasteiger partial charge < -0.3 is 15.3 Å². The minimum Gasteiger partial charge on any atom is -0.395 e. The number of aliphatic hydroxyl groups excluding tert-OH is 1. The second-order valence-electron chi connectivity index (χ2n) is 7.94. The minimum atomic E-state index is -4.47. The number of carbonyl (C=O) groups excluding carboxylic acids is 2. The van der Waals surface area contributed by atoms with Crippen LogP contribution in [-0.2, 0) is 12.6 Å². The Balaban J connectivity index is 1.61. The molecule has 0 fully saturated rings. The molecular formula is C23H22F3N5O3. The average molecular weight is 473 g/mol. The number of halogens is 3. The fourth-order valence-electron chi connectivity index (χ4n) is 3.94. The highest BCUT2D eigenvalue weighted by Crippen LogP contribution is 2.33. The van der Waals surface area contributed by atoms with Crippen molar-refractivity contribution in [2.45, 2.75) is 25.6 Å². The molecule has 1 amide bonds. The lowest BCUT2D eigenvalue weighted by atomic mass is 10.0. The number of fused-ring (bicyclic) bond motifs is 1. The summed E-state index contributed by atoms with van der Waals surface area (Å²) in [7, 11) is 0. The predicted molar refractivity (Wildman–Crippen MR) is 118 cm³/mol. The maximum Gasteiger partial charge on any atom is 0.416 e. The molecule has 11 heteroatoms. The zero-order valence-corrected chi connectivity index (χ0v) is 18.2. The Kier molecular flexibility index (Phi) is 6.38. The smallest absolute Gasteiger partial charge is 0.395 e. The maximum atomic E-state index is 13.3. The van der Waals surface area contributed by atoms with E-state index < -0.39 is 17.6 Å². The van der Waals surface area contributed by atoms with E-state index in [0.29, 0.717) is 22.5 Å². The largest absolute Gasteiger partial charge is 0.416 e.